The van der Waals surface area contributed by atoms with E-state index >= 15 is 0 Å². The summed E-state index contributed by atoms with van der Waals surface area (Å²) in [6.45, 7) is 0. The van der Waals surface area contributed by atoms with E-state index in [2.05, 4.69) is 21.2 Å². The molecule has 1 aliphatic heterocycles. The Bertz CT molecular complexity index is 380. The second kappa shape index (κ2) is 3.91. The number of hydrogen-bond donors (Lipinski definition) is 1. The summed E-state index contributed by atoms with van der Waals surface area (Å²) in [6, 6.07) is 5.89. The number of nitrogens with one attached hydrogen (secondary N) is 1. The van der Waals surface area contributed by atoms with E-state index in [0.717, 1.165) is 16.5 Å². The molecule has 1 aliphatic rings. The quantitative estimate of drug-likeness (QED) is 0.838. The molecule has 0 unspecified atom stereocenters. The van der Waals surface area contributed by atoms with E-state index < -0.39 is 0 Å². The molecule has 0 aromatic heterocycles. The number of hydrogen-bond acceptors (Lipinski definition) is 1. The van der Waals surface area contributed by atoms with Gasteiger partial charge in [0.2, 0.25) is 5.91 Å². The van der Waals surface area contributed by atoms with Gasteiger partial charge in [0.25, 0.3) is 0 Å². The lowest BCUT2D eigenvalue weighted by atomic mass is 10.1. The van der Waals surface area contributed by atoms with Gasteiger partial charge in [-0.25, -0.2) is 0 Å². The van der Waals surface area contributed by atoms with Crippen molar-refractivity contribution >= 4 is 33.4 Å². The molecule has 0 aliphatic carbocycles. The number of carbonyl (C=O) groups excluding carboxylic acids is 1. The van der Waals surface area contributed by atoms with Crippen LogP contribution < -0.4 is 5.32 Å². The Balaban J connectivity index is 2.24. The number of rotatable bonds is 1. The largest absolute Gasteiger partial charge is 0.349 e. The van der Waals surface area contributed by atoms with Crippen LogP contribution in [0.1, 0.15) is 24.4 Å². The van der Waals surface area contributed by atoms with Gasteiger partial charge in [-0.1, -0.05) is 17.7 Å². The number of halogens is 2. The molecule has 4 heteroatoms. The fraction of sp³-hybridized carbons (Fsp3) is 0.300. The minimum atomic E-state index is 0.126. The van der Waals surface area contributed by atoms with Crippen LogP contribution in [0.2, 0.25) is 5.02 Å². The molecule has 0 bridgehead atoms. The average Bonchev–Trinajstić information content (AvgIpc) is 2.57. The SMILES string of the molecule is O=C1CC[C@H](c2ccc(Cl)c(Br)c2)N1. The molecule has 0 radical (unpaired) electrons. The highest BCUT2D eigenvalue weighted by atomic mass is 79.9. The first-order valence-corrected chi connectivity index (χ1v) is 5.58. The Morgan fingerprint density at radius 3 is 2.86 bits per heavy atom. The average molecular weight is 275 g/mol. The van der Waals surface area contributed by atoms with E-state index in [-0.39, 0.29) is 11.9 Å². The first kappa shape index (κ1) is 9.99. The van der Waals surface area contributed by atoms with E-state index in [0.29, 0.717) is 11.4 Å². The van der Waals surface area contributed by atoms with Crippen LogP contribution in [0.15, 0.2) is 22.7 Å². The zero-order valence-corrected chi connectivity index (χ0v) is 9.73. The number of carbonyl (C=O) groups is 1. The van der Waals surface area contributed by atoms with Crippen molar-refractivity contribution in [1.29, 1.82) is 0 Å². The van der Waals surface area contributed by atoms with Gasteiger partial charge in [0.15, 0.2) is 0 Å². The van der Waals surface area contributed by atoms with Crippen molar-refractivity contribution in [2.75, 3.05) is 0 Å². The molecule has 1 saturated heterocycles. The van der Waals surface area contributed by atoms with Crippen LogP contribution >= 0.6 is 27.5 Å². The Labute approximate surface area is 95.8 Å². The highest BCUT2D eigenvalue weighted by molar-refractivity contribution is 9.10. The topological polar surface area (TPSA) is 29.1 Å². The molecular weight excluding hydrogens is 265 g/mol. The minimum absolute atomic E-state index is 0.126. The van der Waals surface area contributed by atoms with Crippen LogP contribution in [-0.2, 0) is 4.79 Å². The van der Waals surface area contributed by atoms with Crippen LogP contribution in [0, 0.1) is 0 Å². The summed E-state index contributed by atoms with van der Waals surface area (Å²) < 4.78 is 0.873. The molecule has 1 aromatic rings. The Hall–Kier alpha value is -0.540. The maximum Gasteiger partial charge on any atom is 0.220 e. The summed E-state index contributed by atoms with van der Waals surface area (Å²) in [7, 11) is 0. The Morgan fingerprint density at radius 1 is 1.50 bits per heavy atom. The molecule has 2 nitrogen and oxygen atoms in total. The Morgan fingerprint density at radius 2 is 2.29 bits per heavy atom. The predicted octanol–water partition coefficient (Wildman–Crippen LogP) is 3.05. The Kier molecular flexibility index (Phi) is 2.79. The van der Waals surface area contributed by atoms with Gasteiger partial charge in [0, 0.05) is 10.9 Å². The lowest BCUT2D eigenvalue weighted by Crippen LogP contribution is -2.18. The molecule has 0 spiro atoms. The third-order valence-electron chi connectivity index (χ3n) is 2.34. The van der Waals surface area contributed by atoms with Crippen molar-refractivity contribution in [2.45, 2.75) is 18.9 Å². The van der Waals surface area contributed by atoms with Crippen LogP contribution in [0.5, 0.6) is 0 Å². The second-order valence-corrected chi connectivity index (χ2v) is 4.59. The standard InChI is InChI=1S/C10H9BrClNO/c11-7-5-6(1-2-8(7)12)9-3-4-10(14)13-9/h1-2,5,9H,3-4H2,(H,13,14)/t9-/m1/s1. The van der Waals surface area contributed by atoms with Gasteiger partial charge in [-0.2, -0.15) is 0 Å². The lowest BCUT2D eigenvalue weighted by molar-refractivity contribution is -0.119. The number of amides is 1. The van der Waals surface area contributed by atoms with E-state index in [1.807, 2.05) is 18.2 Å². The lowest BCUT2D eigenvalue weighted by Gasteiger charge is -2.10. The maximum atomic E-state index is 11.0. The van der Waals surface area contributed by atoms with Gasteiger partial charge in [-0.3, -0.25) is 4.79 Å². The smallest absolute Gasteiger partial charge is 0.220 e. The van der Waals surface area contributed by atoms with Gasteiger partial charge in [0.05, 0.1) is 11.1 Å². The molecular formula is C10H9BrClNO. The minimum Gasteiger partial charge on any atom is -0.349 e. The van der Waals surface area contributed by atoms with Crippen molar-refractivity contribution < 1.29 is 4.79 Å². The van der Waals surface area contributed by atoms with Crippen LogP contribution in [-0.4, -0.2) is 5.91 Å². The van der Waals surface area contributed by atoms with E-state index in [1.165, 1.54) is 0 Å². The van der Waals surface area contributed by atoms with Gasteiger partial charge in [0.1, 0.15) is 0 Å². The van der Waals surface area contributed by atoms with Crippen molar-refractivity contribution in [2.24, 2.45) is 0 Å². The van der Waals surface area contributed by atoms with Crippen molar-refractivity contribution in [3.05, 3.63) is 33.3 Å². The molecule has 1 aromatic carbocycles. The van der Waals surface area contributed by atoms with E-state index in [4.69, 9.17) is 11.6 Å². The fourth-order valence-electron chi connectivity index (χ4n) is 1.59. The second-order valence-electron chi connectivity index (χ2n) is 3.33. The summed E-state index contributed by atoms with van der Waals surface area (Å²) >= 11 is 9.25. The third kappa shape index (κ3) is 1.93. The van der Waals surface area contributed by atoms with Crippen molar-refractivity contribution in [3.8, 4) is 0 Å². The summed E-state index contributed by atoms with van der Waals surface area (Å²) in [5.74, 6) is 0.126. The van der Waals surface area contributed by atoms with Crippen molar-refractivity contribution in [1.82, 2.24) is 5.32 Å². The summed E-state index contributed by atoms with van der Waals surface area (Å²) in [5, 5.41) is 3.61. The van der Waals surface area contributed by atoms with Crippen LogP contribution in [0.4, 0.5) is 0 Å². The molecule has 1 heterocycles. The molecule has 1 N–H and O–H groups in total. The molecule has 1 amide bonds. The summed E-state index contributed by atoms with van der Waals surface area (Å²) in [5.41, 5.74) is 1.10. The van der Waals surface area contributed by atoms with Gasteiger partial charge < -0.3 is 5.32 Å². The maximum absolute atomic E-state index is 11.0. The van der Waals surface area contributed by atoms with E-state index in [9.17, 15) is 4.79 Å². The van der Waals surface area contributed by atoms with Crippen molar-refractivity contribution in [3.63, 3.8) is 0 Å². The molecule has 14 heavy (non-hydrogen) atoms. The normalized spacial score (nSPS) is 21.0. The molecule has 1 atom stereocenters. The van der Waals surface area contributed by atoms with Gasteiger partial charge in [-0.05, 0) is 40.0 Å². The van der Waals surface area contributed by atoms with E-state index in [1.54, 1.807) is 0 Å². The first-order chi connectivity index (χ1) is 6.66. The summed E-state index contributed by atoms with van der Waals surface area (Å²) in [6.07, 6.45) is 1.48. The van der Waals surface area contributed by atoms with Crippen LogP contribution in [0.3, 0.4) is 0 Å². The predicted molar refractivity (Wildman–Crippen MR) is 59.3 cm³/mol. The summed E-state index contributed by atoms with van der Waals surface area (Å²) in [4.78, 5) is 11.0. The zero-order valence-electron chi connectivity index (χ0n) is 7.39. The van der Waals surface area contributed by atoms with Gasteiger partial charge in [-0.15, -0.1) is 0 Å². The molecule has 1 fully saturated rings. The van der Waals surface area contributed by atoms with Gasteiger partial charge >= 0.3 is 0 Å². The molecule has 0 saturated carbocycles. The molecule has 74 valence electrons. The van der Waals surface area contributed by atoms with Crippen LogP contribution in [0.25, 0.3) is 0 Å². The fourth-order valence-corrected chi connectivity index (χ4v) is 2.11. The monoisotopic (exact) mass is 273 g/mol. The highest BCUT2D eigenvalue weighted by Crippen LogP contribution is 2.29. The number of benzene rings is 1. The zero-order chi connectivity index (χ0) is 10.1. The molecule has 2 rings (SSSR count). The third-order valence-corrected chi connectivity index (χ3v) is 3.56. The first-order valence-electron chi connectivity index (χ1n) is 4.41. The highest BCUT2D eigenvalue weighted by Gasteiger charge is 2.22.